The summed E-state index contributed by atoms with van der Waals surface area (Å²) in [7, 11) is -4.60. The second-order valence-corrected chi connectivity index (χ2v) is 3.82. The largest absolute Gasteiger partial charge is 0.372 e. The molecule has 62 valence electrons. The summed E-state index contributed by atoms with van der Waals surface area (Å²) < 4.78 is 33.3. The first-order valence-corrected chi connectivity index (χ1v) is 4.51. The van der Waals surface area contributed by atoms with Gasteiger partial charge in [0.25, 0.3) is 0 Å². The van der Waals surface area contributed by atoms with Crippen LogP contribution in [0.3, 0.4) is 0 Å². The van der Waals surface area contributed by atoms with Gasteiger partial charge in [-0.2, -0.15) is 13.1 Å². The molecular formula is C4H9ClFNO2S. The number of rotatable bonds is 3. The van der Waals surface area contributed by atoms with Crippen LogP contribution in [0, 0.1) is 0 Å². The molecule has 0 saturated heterocycles. The highest BCUT2D eigenvalue weighted by Gasteiger charge is 2.15. The van der Waals surface area contributed by atoms with Gasteiger partial charge in [0.05, 0.1) is 0 Å². The highest BCUT2D eigenvalue weighted by Crippen LogP contribution is 2.02. The second kappa shape index (κ2) is 3.50. The number of hydrogen-bond acceptors (Lipinski definition) is 2. The van der Waals surface area contributed by atoms with E-state index in [9.17, 15) is 12.3 Å². The Kier molecular flexibility index (Phi) is 3.55. The SMILES string of the molecule is C[C@H](Cl)[C@@H](C)NS(=O)(=O)F. The molecule has 0 bridgehead atoms. The monoisotopic (exact) mass is 189 g/mol. The molecular weight excluding hydrogens is 181 g/mol. The predicted octanol–water partition coefficient (Wildman–Crippen LogP) is 0.806. The third kappa shape index (κ3) is 4.96. The van der Waals surface area contributed by atoms with Crippen LogP contribution in [0.25, 0.3) is 0 Å². The molecule has 0 spiro atoms. The van der Waals surface area contributed by atoms with Gasteiger partial charge in [0, 0.05) is 11.4 Å². The van der Waals surface area contributed by atoms with Crippen molar-refractivity contribution in [3.63, 3.8) is 0 Å². The Balaban J connectivity index is 3.93. The Morgan fingerprint density at radius 1 is 1.50 bits per heavy atom. The predicted molar refractivity (Wildman–Crippen MR) is 37.9 cm³/mol. The molecule has 0 aliphatic rings. The quantitative estimate of drug-likeness (QED) is 0.528. The lowest BCUT2D eigenvalue weighted by Crippen LogP contribution is -2.35. The van der Waals surface area contributed by atoms with Crippen molar-refractivity contribution < 1.29 is 12.3 Å². The molecule has 6 heteroatoms. The normalized spacial score (nSPS) is 18.4. The lowest BCUT2D eigenvalue weighted by atomic mass is 10.3. The molecule has 0 rings (SSSR count). The van der Waals surface area contributed by atoms with Gasteiger partial charge in [-0.3, -0.25) is 0 Å². The summed E-state index contributed by atoms with van der Waals surface area (Å²) in [5, 5.41) is -0.425. The Morgan fingerprint density at radius 3 is 2.00 bits per heavy atom. The standard InChI is InChI=1S/C4H9ClFNO2S/c1-3(5)4(2)7-10(6,8)9/h3-4,7H,1-2H3/t3-,4+/m0/s1. The lowest BCUT2D eigenvalue weighted by Gasteiger charge is -2.11. The molecule has 0 unspecified atom stereocenters. The zero-order valence-corrected chi connectivity index (χ0v) is 7.21. The first kappa shape index (κ1) is 10.1. The summed E-state index contributed by atoms with van der Waals surface area (Å²) in [5.41, 5.74) is 0. The highest BCUT2D eigenvalue weighted by molar-refractivity contribution is 7.84. The molecule has 0 aromatic heterocycles. The maximum atomic E-state index is 11.8. The average Bonchev–Trinajstić information content (AvgIpc) is 1.60. The fraction of sp³-hybridized carbons (Fsp3) is 1.00. The van der Waals surface area contributed by atoms with E-state index in [4.69, 9.17) is 11.6 Å². The van der Waals surface area contributed by atoms with Gasteiger partial charge in [-0.05, 0) is 13.8 Å². The fourth-order valence-electron chi connectivity index (χ4n) is 0.316. The minimum absolute atomic E-state index is 0.425. The molecule has 3 nitrogen and oxygen atoms in total. The summed E-state index contributed by atoms with van der Waals surface area (Å²) in [4.78, 5) is 0. The van der Waals surface area contributed by atoms with Crippen LogP contribution in [0.5, 0.6) is 0 Å². The van der Waals surface area contributed by atoms with Gasteiger partial charge >= 0.3 is 10.4 Å². The van der Waals surface area contributed by atoms with Gasteiger partial charge < -0.3 is 0 Å². The molecule has 0 aliphatic heterocycles. The van der Waals surface area contributed by atoms with E-state index in [1.54, 1.807) is 11.6 Å². The molecule has 2 atom stereocenters. The Labute approximate surface area is 64.9 Å². The summed E-state index contributed by atoms with van der Waals surface area (Å²) in [6.45, 7) is 3.05. The fourth-order valence-corrected chi connectivity index (χ4v) is 1.10. The third-order valence-corrected chi connectivity index (χ3v) is 2.05. The van der Waals surface area contributed by atoms with E-state index in [2.05, 4.69) is 0 Å². The molecule has 0 saturated carbocycles. The van der Waals surface area contributed by atoms with Gasteiger partial charge in [0.15, 0.2) is 0 Å². The zero-order chi connectivity index (χ0) is 8.36. The number of halogens is 2. The van der Waals surface area contributed by atoms with Crippen molar-refractivity contribution >= 4 is 22.0 Å². The summed E-state index contributed by atoms with van der Waals surface area (Å²) >= 11 is 5.44. The van der Waals surface area contributed by atoms with E-state index in [1.165, 1.54) is 6.92 Å². The highest BCUT2D eigenvalue weighted by atomic mass is 35.5. The first-order chi connectivity index (χ1) is 4.33. The smallest absolute Gasteiger partial charge is 0.184 e. The van der Waals surface area contributed by atoms with Gasteiger partial charge in [0.2, 0.25) is 0 Å². The topological polar surface area (TPSA) is 46.2 Å². The van der Waals surface area contributed by atoms with E-state index in [-0.39, 0.29) is 0 Å². The maximum Gasteiger partial charge on any atom is 0.372 e. The van der Waals surface area contributed by atoms with Crippen molar-refractivity contribution in [2.24, 2.45) is 0 Å². The van der Waals surface area contributed by atoms with Crippen molar-refractivity contribution in [1.82, 2.24) is 4.72 Å². The van der Waals surface area contributed by atoms with E-state index < -0.39 is 21.8 Å². The summed E-state index contributed by atoms with van der Waals surface area (Å²) in [5.74, 6) is 0. The van der Waals surface area contributed by atoms with Gasteiger partial charge in [-0.15, -0.1) is 11.6 Å². The Bertz CT molecular complexity index is 191. The van der Waals surface area contributed by atoms with Crippen LogP contribution < -0.4 is 4.72 Å². The molecule has 0 radical (unpaired) electrons. The molecule has 0 aromatic rings. The Hall–Kier alpha value is 0.130. The van der Waals surface area contributed by atoms with Gasteiger partial charge in [-0.25, -0.2) is 0 Å². The van der Waals surface area contributed by atoms with E-state index in [0.29, 0.717) is 0 Å². The second-order valence-electron chi connectivity index (χ2n) is 2.02. The third-order valence-electron chi connectivity index (χ3n) is 1.02. The molecule has 0 aromatic carbocycles. The van der Waals surface area contributed by atoms with Crippen LogP contribution in [-0.4, -0.2) is 19.8 Å². The van der Waals surface area contributed by atoms with Crippen LogP contribution in [0.15, 0.2) is 0 Å². The van der Waals surface area contributed by atoms with E-state index in [0.717, 1.165) is 0 Å². The van der Waals surface area contributed by atoms with Crippen molar-refractivity contribution in [3.8, 4) is 0 Å². The zero-order valence-electron chi connectivity index (χ0n) is 5.64. The molecule has 0 heterocycles. The van der Waals surface area contributed by atoms with Gasteiger partial charge in [0.1, 0.15) is 0 Å². The Morgan fingerprint density at radius 2 is 1.90 bits per heavy atom. The van der Waals surface area contributed by atoms with Crippen LogP contribution in [-0.2, 0) is 10.4 Å². The number of nitrogens with one attached hydrogen (secondary N) is 1. The van der Waals surface area contributed by atoms with Crippen LogP contribution >= 0.6 is 11.6 Å². The molecule has 10 heavy (non-hydrogen) atoms. The van der Waals surface area contributed by atoms with Crippen LogP contribution in [0.4, 0.5) is 3.89 Å². The van der Waals surface area contributed by atoms with E-state index in [1.807, 2.05) is 0 Å². The van der Waals surface area contributed by atoms with Gasteiger partial charge in [-0.1, -0.05) is 3.89 Å². The first-order valence-electron chi connectivity index (χ1n) is 2.69. The van der Waals surface area contributed by atoms with Crippen LogP contribution in [0.2, 0.25) is 0 Å². The number of hydrogen-bond donors (Lipinski definition) is 1. The van der Waals surface area contributed by atoms with Crippen molar-refractivity contribution in [2.45, 2.75) is 25.3 Å². The molecule has 0 amide bonds. The van der Waals surface area contributed by atoms with E-state index >= 15 is 0 Å². The molecule has 1 N–H and O–H groups in total. The summed E-state index contributed by atoms with van der Waals surface area (Å²) in [6.07, 6.45) is 0. The maximum absolute atomic E-state index is 11.8. The molecule has 0 fully saturated rings. The van der Waals surface area contributed by atoms with Crippen molar-refractivity contribution in [2.75, 3.05) is 0 Å². The lowest BCUT2D eigenvalue weighted by molar-refractivity contribution is 0.515. The van der Waals surface area contributed by atoms with Crippen molar-refractivity contribution in [1.29, 1.82) is 0 Å². The summed E-state index contributed by atoms with van der Waals surface area (Å²) in [6, 6.07) is -0.586. The molecule has 0 aliphatic carbocycles. The minimum Gasteiger partial charge on any atom is -0.184 e. The minimum atomic E-state index is -4.60. The number of alkyl halides is 1. The van der Waals surface area contributed by atoms with Crippen LogP contribution in [0.1, 0.15) is 13.8 Å². The average molecular weight is 190 g/mol. The van der Waals surface area contributed by atoms with Crippen molar-refractivity contribution in [3.05, 3.63) is 0 Å².